The lowest BCUT2D eigenvalue weighted by Gasteiger charge is -2.32. The van der Waals surface area contributed by atoms with Crippen molar-refractivity contribution in [3.05, 3.63) is 0 Å². The van der Waals surface area contributed by atoms with Crippen LogP contribution < -0.4 is 0 Å². The molecule has 4 nitrogen and oxygen atoms in total. The largest absolute Gasteiger partial charge is 0.458 e. The zero-order valence-electron chi connectivity index (χ0n) is 21.0. The van der Waals surface area contributed by atoms with E-state index in [1.165, 1.54) is 57.8 Å². The fourth-order valence-electron chi connectivity index (χ4n) is 4.99. The van der Waals surface area contributed by atoms with Gasteiger partial charge in [0.25, 0.3) is 0 Å². The maximum absolute atomic E-state index is 6.44. The van der Waals surface area contributed by atoms with Crippen LogP contribution in [0.3, 0.4) is 0 Å². The standard InChI is InChI=1S/C24H46B2O4/c1-21(2)22(3,4)28-25(27-21)20(26-29-23(5,6)24(7,8)30-26)18-14-10-13-17-19-15-11-9-12-16-19/h19-20H,9-18H2,1-8H3. The average Bonchev–Trinajstić information content (AvgIpc) is 2.98. The molecule has 2 heterocycles. The summed E-state index contributed by atoms with van der Waals surface area (Å²) in [6.45, 7) is 17.0. The quantitative estimate of drug-likeness (QED) is 0.327. The van der Waals surface area contributed by atoms with E-state index in [4.69, 9.17) is 18.6 Å². The van der Waals surface area contributed by atoms with Crippen LogP contribution in [-0.2, 0) is 18.6 Å². The molecule has 1 saturated carbocycles. The third-order valence-electron chi connectivity index (χ3n) is 8.62. The van der Waals surface area contributed by atoms with Gasteiger partial charge in [0.2, 0.25) is 0 Å². The van der Waals surface area contributed by atoms with Crippen molar-refractivity contribution in [3.63, 3.8) is 0 Å². The average molecular weight is 420 g/mol. The van der Waals surface area contributed by atoms with E-state index in [2.05, 4.69) is 55.4 Å². The Morgan fingerprint density at radius 3 is 1.50 bits per heavy atom. The predicted octanol–water partition coefficient (Wildman–Crippen LogP) is 6.61. The minimum absolute atomic E-state index is 0.0850. The highest BCUT2D eigenvalue weighted by molar-refractivity contribution is 6.68. The van der Waals surface area contributed by atoms with Crippen molar-refractivity contribution in [2.75, 3.05) is 0 Å². The van der Waals surface area contributed by atoms with Gasteiger partial charge < -0.3 is 18.6 Å². The zero-order chi connectivity index (χ0) is 22.2. The van der Waals surface area contributed by atoms with Gasteiger partial charge in [-0.3, -0.25) is 0 Å². The molecule has 6 heteroatoms. The van der Waals surface area contributed by atoms with Crippen molar-refractivity contribution in [1.29, 1.82) is 0 Å². The highest BCUT2D eigenvalue weighted by Crippen LogP contribution is 2.46. The number of unbranched alkanes of at least 4 members (excludes halogenated alkanes) is 2. The van der Waals surface area contributed by atoms with E-state index in [-0.39, 0.29) is 42.4 Å². The van der Waals surface area contributed by atoms with E-state index in [1.54, 1.807) is 0 Å². The van der Waals surface area contributed by atoms with Gasteiger partial charge in [-0.15, -0.1) is 0 Å². The Balaban J connectivity index is 1.59. The minimum atomic E-state index is -0.333. The molecule has 3 rings (SSSR count). The second-order valence-electron chi connectivity index (χ2n) is 12.1. The van der Waals surface area contributed by atoms with E-state index < -0.39 is 0 Å². The first kappa shape index (κ1) is 24.6. The topological polar surface area (TPSA) is 36.9 Å². The molecular formula is C24H46B2O4. The number of rotatable bonds is 8. The molecule has 0 unspecified atom stereocenters. The van der Waals surface area contributed by atoms with E-state index >= 15 is 0 Å². The fourth-order valence-corrected chi connectivity index (χ4v) is 4.99. The van der Waals surface area contributed by atoms with Gasteiger partial charge in [0.15, 0.2) is 0 Å². The molecule has 3 fully saturated rings. The summed E-state index contributed by atoms with van der Waals surface area (Å²) in [5, 5.41) is 0. The van der Waals surface area contributed by atoms with Gasteiger partial charge in [-0.1, -0.05) is 64.2 Å². The van der Waals surface area contributed by atoms with Crippen LogP contribution in [0, 0.1) is 5.92 Å². The van der Waals surface area contributed by atoms with Gasteiger partial charge in [-0.25, -0.2) is 0 Å². The summed E-state index contributed by atoms with van der Waals surface area (Å²) in [4.78, 5) is 0. The molecule has 0 spiro atoms. The van der Waals surface area contributed by atoms with E-state index in [0.29, 0.717) is 0 Å². The van der Waals surface area contributed by atoms with Gasteiger partial charge in [0.1, 0.15) is 0 Å². The molecule has 0 aromatic rings. The normalized spacial score (nSPS) is 27.9. The summed E-state index contributed by atoms with van der Waals surface area (Å²) < 4.78 is 25.8. The van der Waals surface area contributed by atoms with Crippen LogP contribution in [0.25, 0.3) is 0 Å². The molecule has 0 aromatic carbocycles. The third kappa shape index (κ3) is 5.30. The van der Waals surface area contributed by atoms with E-state index in [9.17, 15) is 0 Å². The third-order valence-corrected chi connectivity index (χ3v) is 8.62. The van der Waals surface area contributed by atoms with Gasteiger partial charge >= 0.3 is 14.2 Å². The Bertz CT molecular complexity index is 502. The van der Waals surface area contributed by atoms with Crippen molar-refractivity contribution < 1.29 is 18.6 Å². The SMILES string of the molecule is CC1(C)OB(C(CCCCCC2CCCCC2)B2OC(C)(C)C(C)(C)O2)OC1(C)C. The van der Waals surface area contributed by atoms with Gasteiger partial charge in [-0.05, 0) is 61.3 Å². The van der Waals surface area contributed by atoms with Crippen LogP contribution in [0.15, 0.2) is 0 Å². The molecular weight excluding hydrogens is 374 g/mol. The van der Waals surface area contributed by atoms with Crippen LogP contribution in [0.4, 0.5) is 0 Å². The van der Waals surface area contributed by atoms with Gasteiger partial charge in [0.05, 0.1) is 22.4 Å². The van der Waals surface area contributed by atoms with Crippen molar-refractivity contribution in [1.82, 2.24) is 0 Å². The molecule has 0 atom stereocenters. The Kier molecular flexibility index (Phi) is 7.45. The molecule has 0 amide bonds. The Hall–Kier alpha value is -0.0301. The zero-order valence-corrected chi connectivity index (χ0v) is 21.0. The summed E-state index contributed by atoms with van der Waals surface area (Å²) in [5.41, 5.74) is -1.25. The van der Waals surface area contributed by atoms with Crippen LogP contribution in [0.2, 0.25) is 5.72 Å². The maximum Gasteiger partial charge on any atom is 0.458 e. The molecule has 2 aliphatic heterocycles. The predicted molar refractivity (Wildman–Crippen MR) is 126 cm³/mol. The Labute approximate surface area is 186 Å². The van der Waals surface area contributed by atoms with Crippen LogP contribution in [0.5, 0.6) is 0 Å². The number of hydrogen-bond donors (Lipinski definition) is 0. The molecule has 30 heavy (non-hydrogen) atoms. The molecule has 0 radical (unpaired) electrons. The van der Waals surface area contributed by atoms with Crippen molar-refractivity contribution in [3.8, 4) is 0 Å². The highest BCUT2D eigenvalue weighted by atomic mass is 16.7. The summed E-state index contributed by atoms with van der Waals surface area (Å²) >= 11 is 0. The monoisotopic (exact) mass is 420 g/mol. The molecule has 2 saturated heterocycles. The first-order valence-electron chi connectivity index (χ1n) is 12.6. The van der Waals surface area contributed by atoms with Crippen LogP contribution in [0.1, 0.15) is 120 Å². The maximum atomic E-state index is 6.44. The lowest BCUT2D eigenvalue weighted by Crippen LogP contribution is -2.41. The lowest BCUT2D eigenvalue weighted by atomic mass is 9.50. The highest BCUT2D eigenvalue weighted by Gasteiger charge is 2.61. The first-order valence-corrected chi connectivity index (χ1v) is 12.6. The smallest absolute Gasteiger partial charge is 0.403 e. The minimum Gasteiger partial charge on any atom is -0.403 e. The summed E-state index contributed by atoms with van der Waals surface area (Å²) in [7, 11) is -0.578. The van der Waals surface area contributed by atoms with Crippen molar-refractivity contribution in [2.45, 2.75) is 148 Å². The summed E-state index contributed by atoms with van der Waals surface area (Å²) in [6.07, 6.45) is 13.4. The Morgan fingerprint density at radius 2 is 1.07 bits per heavy atom. The van der Waals surface area contributed by atoms with Gasteiger partial charge in [-0.2, -0.15) is 0 Å². The van der Waals surface area contributed by atoms with Gasteiger partial charge in [0, 0.05) is 5.72 Å². The molecule has 0 bridgehead atoms. The second-order valence-corrected chi connectivity index (χ2v) is 12.1. The molecule has 0 N–H and O–H groups in total. The van der Waals surface area contributed by atoms with Crippen LogP contribution in [-0.4, -0.2) is 36.6 Å². The summed E-state index contributed by atoms with van der Waals surface area (Å²) in [6, 6.07) is 0. The number of hydrogen-bond acceptors (Lipinski definition) is 4. The van der Waals surface area contributed by atoms with E-state index in [1.807, 2.05) is 0 Å². The van der Waals surface area contributed by atoms with Crippen molar-refractivity contribution >= 4 is 14.2 Å². The van der Waals surface area contributed by atoms with E-state index in [0.717, 1.165) is 12.3 Å². The fraction of sp³-hybridized carbons (Fsp3) is 1.00. The van der Waals surface area contributed by atoms with Crippen LogP contribution >= 0.6 is 0 Å². The molecule has 3 aliphatic rings. The Morgan fingerprint density at radius 1 is 0.633 bits per heavy atom. The molecule has 1 aliphatic carbocycles. The van der Waals surface area contributed by atoms with Crippen molar-refractivity contribution in [2.24, 2.45) is 5.92 Å². The first-order chi connectivity index (χ1) is 13.8. The second kappa shape index (κ2) is 9.08. The molecule has 0 aromatic heterocycles. The summed E-state index contributed by atoms with van der Waals surface area (Å²) in [5.74, 6) is 0.973. The molecule has 172 valence electrons. The lowest BCUT2D eigenvalue weighted by molar-refractivity contribution is 0.00578.